The van der Waals surface area contributed by atoms with E-state index in [2.05, 4.69) is 10.3 Å². The Bertz CT molecular complexity index is 334. The van der Waals surface area contributed by atoms with Crippen molar-refractivity contribution < 1.29 is 9.53 Å². The van der Waals surface area contributed by atoms with Gasteiger partial charge >= 0.3 is 0 Å². The van der Waals surface area contributed by atoms with Crippen LogP contribution in [0.3, 0.4) is 0 Å². The summed E-state index contributed by atoms with van der Waals surface area (Å²) < 4.78 is 5.40. The van der Waals surface area contributed by atoms with Crippen LogP contribution < -0.4 is 5.32 Å². The predicted octanol–water partition coefficient (Wildman–Crippen LogP) is 1.27. The molecule has 1 saturated heterocycles. The molecule has 86 valence electrons. The first-order chi connectivity index (χ1) is 7.84. The van der Waals surface area contributed by atoms with Crippen molar-refractivity contribution in [2.24, 2.45) is 0 Å². The minimum atomic E-state index is 0.0590. The van der Waals surface area contributed by atoms with Crippen LogP contribution >= 0.6 is 0 Å². The van der Waals surface area contributed by atoms with E-state index < -0.39 is 0 Å². The summed E-state index contributed by atoms with van der Waals surface area (Å²) >= 11 is 0. The van der Waals surface area contributed by atoms with Crippen LogP contribution in [0.2, 0.25) is 0 Å². The molecule has 4 nitrogen and oxygen atoms in total. The standard InChI is InChI=1S/C12H16N2O2/c15-12(8-11-2-1-7-16-11)14-9-10-3-5-13-6-4-10/h3-6,11H,1-2,7-9H2,(H,14,15). The normalized spacial score (nSPS) is 19.6. The highest BCUT2D eigenvalue weighted by Crippen LogP contribution is 2.14. The number of nitrogens with one attached hydrogen (secondary N) is 1. The van der Waals surface area contributed by atoms with Crippen molar-refractivity contribution in [3.05, 3.63) is 30.1 Å². The fourth-order valence-corrected chi connectivity index (χ4v) is 1.79. The van der Waals surface area contributed by atoms with Crippen LogP contribution in [0.1, 0.15) is 24.8 Å². The fraction of sp³-hybridized carbons (Fsp3) is 0.500. The second-order valence-corrected chi connectivity index (χ2v) is 3.97. The average Bonchev–Trinajstić information content (AvgIpc) is 2.81. The highest BCUT2D eigenvalue weighted by molar-refractivity contribution is 5.76. The van der Waals surface area contributed by atoms with Gasteiger partial charge in [0.25, 0.3) is 0 Å². The number of carbonyl (C=O) groups excluding carboxylic acids is 1. The van der Waals surface area contributed by atoms with Crippen LogP contribution in [0.15, 0.2) is 24.5 Å². The van der Waals surface area contributed by atoms with Gasteiger partial charge in [-0.25, -0.2) is 0 Å². The molecule has 1 aliphatic rings. The van der Waals surface area contributed by atoms with E-state index in [0.717, 1.165) is 25.0 Å². The fourth-order valence-electron chi connectivity index (χ4n) is 1.79. The second kappa shape index (κ2) is 5.61. The van der Waals surface area contributed by atoms with E-state index in [-0.39, 0.29) is 12.0 Å². The number of pyridine rings is 1. The topological polar surface area (TPSA) is 51.2 Å². The Labute approximate surface area is 95.0 Å². The van der Waals surface area contributed by atoms with Crippen molar-refractivity contribution in [2.45, 2.75) is 31.9 Å². The molecule has 4 heteroatoms. The number of carbonyl (C=O) groups is 1. The molecule has 1 unspecified atom stereocenters. The van der Waals surface area contributed by atoms with Crippen molar-refractivity contribution in [1.29, 1.82) is 0 Å². The minimum Gasteiger partial charge on any atom is -0.378 e. The molecular formula is C12H16N2O2. The number of ether oxygens (including phenoxy) is 1. The Balaban J connectivity index is 1.71. The van der Waals surface area contributed by atoms with Gasteiger partial charge in [-0.2, -0.15) is 0 Å². The van der Waals surface area contributed by atoms with Crippen molar-refractivity contribution in [3.63, 3.8) is 0 Å². The summed E-state index contributed by atoms with van der Waals surface area (Å²) in [7, 11) is 0. The number of hydrogen-bond acceptors (Lipinski definition) is 3. The highest BCUT2D eigenvalue weighted by atomic mass is 16.5. The summed E-state index contributed by atoms with van der Waals surface area (Å²) in [5.74, 6) is 0.0590. The van der Waals surface area contributed by atoms with E-state index in [9.17, 15) is 4.79 Å². The largest absolute Gasteiger partial charge is 0.378 e. The summed E-state index contributed by atoms with van der Waals surface area (Å²) in [6.45, 7) is 1.36. The zero-order valence-corrected chi connectivity index (χ0v) is 9.19. The summed E-state index contributed by atoms with van der Waals surface area (Å²) in [5.41, 5.74) is 1.07. The van der Waals surface area contributed by atoms with Crippen molar-refractivity contribution in [1.82, 2.24) is 10.3 Å². The van der Waals surface area contributed by atoms with Crippen LogP contribution in [-0.2, 0) is 16.1 Å². The van der Waals surface area contributed by atoms with Gasteiger partial charge in [-0.15, -0.1) is 0 Å². The van der Waals surface area contributed by atoms with Gasteiger partial charge in [0.2, 0.25) is 5.91 Å². The smallest absolute Gasteiger partial charge is 0.222 e. The maximum atomic E-state index is 11.6. The molecule has 0 bridgehead atoms. The maximum absolute atomic E-state index is 11.6. The third-order valence-electron chi connectivity index (χ3n) is 2.68. The molecule has 0 saturated carbocycles. The molecular weight excluding hydrogens is 204 g/mol. The van der Waals surface area contributed by atoms with E-state index in [1.807, 2.05) is 12.1 Å². The van der Waals surface area contributed by atoms with Gasteiger partial charge in [-0.05, 0) is 30.5 Å². The van der Waals surface area contributed by atoms with Crippen LogP contribution in [0, 0.1) is 0 Å². The van der Waals surface area contributed by atoms with Crippen molar-refractivity contribution in [3.8, 4) is 0 Å². The monoisotopic (exact) mass is 220 g/mol. The predicted molar refractivity (Wildman–Crippen MR) is 59.7 cm³/mol. The van der Waals surface area contributed by atoms with Crippen LogP contribution in [0.5, 0.6) is 0 Å². The lowest BCUT2D eigenvalue weighted by Gasteiger charge is -2.09. The van der Waals surface area contributed by atoms with Crippen LogP contribution in [0.4, 0.5) is 0 Å². The molecule has 1 aliphatic heterocycles. The van der Waals surface area contributed by atoms with Crippen LogP contribution in [-0.4, -0.2) is 23.6 Å². The second-order valence-electron chi connectivity index (χ2n) is 3.97. The summed E-state index contributed by atoms with van der Waals surface area (Å²) in [5, 5.41) is 2.88. The van der Waals surface area contributed by atoms with Gasteiger partial charge < -0.3 is 10.1 Å². The third-order valence-corrected chi connectivity index (χ3v) is 2.68. The maximum Gasteiger partial charge on any atom is 0.222 e. The van der Waals surface area contributed by atoms with Crippen molar-refractivity contribution in [2.75, 3.05) is 6.61 Å². The van der Waals surface area contributed by atoms with E-state index in [1.165, 1.54) is 0 Å². The summed E-state index contributed by atoms with van der Waals surface area (Å²) in [6, 6.07) is 3.79. The number of nitrogens with zero attached hydrogens (tertiary/aromatic N) is 1. The molecule has 1 N–H and O–H groups in total. The molecule has 0 radical (unpaired) electrons. The van der Waals surface area contributed by atoms with E-state index in [1.54, 1.807) is 12.4 Å². The first-order valence-corrected chi connectivity index (χ1v) is 5.62. The van der Waals surface area contributed by atoms with Gasteiger partial charge in [0.15, 0.2) is 0 Å². The molecule has 16 heavy (non-hydrogen) atoms. The molecule has 1 aromatic heterocycles. The van der Waals surface area contributed by atoms with Crippen LogP contribution in [0.25, 0.3) is 0 Å². The highest BCUT2D eigenvalue weighted by Gasteiger charge is 2.18. The zero-order valence-electron chi connectivity index (χ0n) is 9.19. The molecule has 1 atom stereocenters. The van der Waals surface area contributed by atoms with E-state index >= 15 is 0 Å². The molecule has 0 spiro atoms. The number of hydrogen-bond donors (Lipinski definition) is 1. The first-order valence-electron chi connectivity index (χ1n) is 5.62. The molecule has 1 amide bonds. The lowest BCUT2D eigenvalue weighted by Crippen LogP contribution is -2.26. The van der Waals surface area contributed by atoms with Gasteiger partial charge in [-0.1, -0.05) is 0 Å². The lowest BCUT2D eigenvalue weighted by molar-refractivity contribution is -0.123. The third kappa shape index (κ3) is 3.31. The number of rotatable bonds is 4. The Morgan fingerprint density at radius 1 is 1.50 bits per heavy atom. The average molecular weight is 220 g/mol. The van der Waals surface area contributed by atoms with Gasteiger partial charge in [0.05, 0.1) is 12.5 Å². The lowest BCUT2D eigenvalue weighted by atomic mass is 10.2. The van der Waals surface area contributed by atoms with E-state index in [0.29, 0.717) is 13.0 Å². The Morgan fingerprint density at radius 3 is 3.00 bits per heavy atom. The molecule has 2 heterocycles. The van der Waals surface area contributed by atoms with Crippen molar-refractivity contribution >= 4 is 5.91 Å². The molecule has 0 aliphatic carbocycles. The minimum absolute atomic E-state index is 0.0590. The Kier molecular flexibility index (Phi) is 3.88. The zero-order chi connectivity index (χ0) is 11.2. The quantitative estimate of drug-likeness (QED) is 0.831. The van der Waals surface area contributed by atoms with Gasteiger partial charge in [0.1, 0.15) is 0 Å². The number of amides is 1. The molecule has 0 aromatic carbocycles. The summed E-state index contributed by atoms with van der Waals surface area (Å²) in [4.78, 5) is 15.5. The Hall–Kier alpha value is -1.42. The number of aromatic nitrogens is 1. The van der Waals surface area contributed by atoms with Gasteiger partial charge in [0, 0.05) is 25.5 Å². The summed E-state index contributed by atoms with van der Waals surface area (Å²) in [6.07, 6.45) is 6.12. The Morgan fingerprint density at radius 2 is 2.31 bits per heavy atom. The SMILES string of the molecule is O=C(CC1CCCO1)NCc1ccncc1. The molecule has 2 rings (SSSR count). The molecule has 1 fully saturated rings. The first kappa shape index (κ1) is 11.1. The molecule has 1 aromatic rings. The van der Waals surface area contributed by atoms with E-state index in [4.69, 9.17) is 4.74 Å². The van der Waals surface area contributed by atoms with Gasteiger partial charge in [-0.3, -0.25) is 9.78 Å².